The maximum atomic E-state index is 14.7. The Balaban J connectivity index is 1.42. The molecule has 9 nitrogen and oxygen atoms in total. The number of fused-ring (bicyclic) bond motifs is 1. The molecule has 0 aliphatic carbocycles. The van der Waals surface area contributed by atoms with Crippen LogP contribution in [0.25, 0.3) is 0 Å². The van der Waals surface area contributed by atoms with Gasteiger partial charge in [0.25, 0.3) is 11.8 Å². The SMILES string of the molecule is O=C1c2ccccc2C(=O)N1[C@]1(OC(=Nc2ccccc2)C(F)(F)F)C[C@@H](OCc2ccccc2)[C@H](O)[C@@H](COCc2ccccc2)O1. The molecule has 2 aliphatic heterocycles. The molecule has 4 atom stereocenters. The molecule has 4 aromatic rings. The van der Waals surface area contributed by atoms with Crippen LogP contribution in [-0.4, -0.2) is 64.7 Å². The molecule has 0 radical (unpaired) electrons. The molecule has 1 N–H and O–H groups in total. The van der Waals surface area contributed by atoms with Crippen LogP contribution in [0.1, 0.15) is 38.3 Å². The number of aliphatic hydroxyl groups is 1. The molecule has 1 fully saturated rings. The number of para-hydroxylation sites is 1. The van der Waals surface area contributed by atoms with Crippen molar-refractivity contribution in [3.63, 3.8) is 0 Å². The summed E-state index contributed by atoms with van der Waals surface area (Å²) in [7, 11) is 0. The van der Waals surface area contributed by atoms with Crippen LogP contribution in [0, 0.1) is 0 Å². The Morgan fingerprint density at radius 1 is 0.812 bits per heavy atom. The van der Waals surface area contributed by atoms with Crippen LogP contribution < -0.4 is 0 Å². The fourth-order valence-electron chi connectivity index (χ4n) is 5.57. The topological polar surface area (TPSA) is 107 Å². The molecule has 0 aromatic heterocycles. The van der Waals surface area contributed by atoms with Gasteiger partial charge in [0.2, 0.25) is 0 Å². The predicted octanol–water partition coefficient (Wildman–Crippen LogP) is 6.20. The molecule has 4 aromatic carbocycles. The van der Waals surface area contributed by atoms with Gasteiger partial charge < -0.3 is 24.1 Å². The Hall–Kier alpha value is -4.88. The number of carbonyl (C=O) groups excluding carboxylic acids is 2. The lowest BCUT2D eigenvalue weighted by Gasteiger charge is -2.48. The number of benzene rings is 4. The summed E-state index contributed by atoms with van der Waals surface area (Å²) < 4.78 is 67.9. The lowest BCUT2D eigenvalue weighted by atomic mass is 9.98. The number of aliphatic imine (C=N–C) groups is 1. The van der Waals surface area contributed by atoms with Crippen molar-refractivity contribution in [2.24, 2.45) is 4.99 Å². The largest absolute Gasteiger partial charge is 0.468 e. The number of nitrogens with zero attached hydrogens (tertiary/aromatic N) is 2. The number of hydrogen-bond donors (Lipinski definition) is 1. The van der Waals surface area contributed by atoms with E-state index in [0.717, 1.165) is 5.56 Å². The summed E-state index contributed by atoms with van der Waals surface area (Å²) >= 11 is 0. The summed E-state index contributed by atoms with van der Waals surface area (Å²) in [4.78, 5) is 32.0. The van der Waals surface area contributed by atoms with Crippen molar-refractivity contribution in [3.05, 3.63) is 138 Å². The highest BCUT2D eigenvalue weighted by atomic mass is 19.4. The summed E-state index contributed by atoms with van der Waals surface area (Å²) in [5.41, 5.74) is 1.30. The van der Waals surface area contributed by atoms with Crippen molar-refractivity contribution >= 4 is 23.4 Å². The van der Waals surface area contributed by atoms with Gasteiger partial charge in [0.05, 0.1) is 49.2 Å². The van der Waals surface area contributed by atoms with E-state index in [2.05, 4.69) is 4.99 Å². The average Bonchev–Trinajstić information content (AvgIpc) is 3.35. The van der Waals surface area contributed by atoms with Gasteiger partial charge in [-0.3, -0.25) is 9.59 Å². The van der Waals surface area contributed by atoms with Crippen LogP contribution in [0.3, 0.4) is 0 Å². The maximum absolute atomic E-state index is 14.7. The second-order valence-electron chi connectivity index (χ2n) is 11.2. The Kier molecular flexibility index (Phi) is 9.69. The fourth-order valence-corrected chi connectivity index (χ4v) is 5.57. The summed E-state index contributed by atoms with van der Waals surface area (Å²) in [5, 5.41) is 11.5. The number of hydrogen-bond acceptors (Lipinski definition) is 8. The number of amides is 2. The van der Waals surface area contributed by atoms with Gasteiger partial charge >= 0.3 is 18.0 Å². The Bertz CT molecular complexity index is 1720. The van der Waals surface area contributed by atoms with Crippen LogP contribution in [0.5, 0.6) is 0 Å². The van der Waals surface area contributed by atoms with Crippen LogP contribution in [-0.2, 0) is 32.2 Å². The highest BCUT2D eigenvalue weighted by molar-refractivity contribution is 6.21. The van der Waals surface area contributed by atoms with Gasteiger partial charge in [-0.2, -0.15) is 13.2 Å². The molecule has 0 bridgehead atoms. The second kappa shape index (κ2) is 14.1. The molecule has 12 heteroatoms. The zero-order valence-electron chi connectivity index (χ0n) is 25.5. The molecule has 248 valence electrons. The minimum Gasteiger partial charge on any atom is -0.422 e. The van der Waals surface area contributed by atoms with E-state index in [0.29, 0.717) is 10.5 Å². The van der Waals surface area contributed by atoms with Crippen molar-refractivity contribution in [1.82, 2.24) is 4.90 Å². The monoisotopic (exact) mass is 660 g/mol. The number of halogens is 3. The van der Waals surface area contributed by atoms with Gasteiger partial charge in [0.1, 0.15) is 12.2 Å². The van der Waals surface area contributed by atoms with Crippen LogP contribution in [0.2, 0.25) is 0 Å². The number of ether oxygens (including phenoxy) is 4. The van der Waals surface area contributed by atoms with E-state index in [4.69, 9.17) is 18.9 Å². The first kappa shape index (κ1) is 33.0. The number of carbonyl (C=O) groups is 2. The van der Waals surface area contributed by atoms with E-state index in [9.17, 15) is 27.9 Å². The summed E-state index contributed by atoms with van der Waals surface area (Å²) in [6.45, 7) is -0.331. The molecule has 1 saturated heterocycles. The first-order valence-corrected chi connectivity index (χ1v) is 15.2. The third-order valence-electron chi connectivity index (χ3n) is 7.88. The van der Waals surface area contributed by atoms with Crippen molar-refractivity contribution in [2.45, 2.75) is 50.0 Å². The number of alkyl halides is 3. The molecule has 48 heavy (non-hydrogen) atoms. The normalized spacial score (nSPS) is 22.9. The highest BCUT2D eigenvalue weighted by Gasteiger charge is 2.61. The lowest BCUT2D eigenvalue weighted by Crippen LogP contribution is -2.67. The van der Waals surface area contributed by atoms with Crippen molar-refractivity contribution in [2.75, 3.05) is 6.61 Å². The zero-order chi connectivity index (χ0) is 33.7. The summed E-state index contributed by atoms with van der Waals surface area (Å²) in [6, 6.07) is 31.1. The van der Waals surface area contributed by atoms with Gasteiger partial charge in [-0.25, -0.2) is 9.89 Å². The van der Waals surface area contributed by atoms with E-state index in [1.165, 1.54) is 48.5 Å². The van der Waals surface area contributed by atoms with E-state index in [1.807, 2.05) is 30.3 Å². The molecule has 0 spiro atoms. The highest BCUT2D eigenvalue weighted by Crippen LogP contribution is 2.42. The van der Waals surface area contributed by atoms with Gasteiger partial charge in [-0.05, 0) is 35.4 Å². The van der Waals surface area contributed by atoms with Crippen LogP contribution >= 0.6 is 0 Å². The van der Waals surface area contributed by atoms with E-state index < -0.39 is 54.5 Å². The van der Waals surface area contributed by atoms with Crippen LogP contribution in [0.15, 0.2) is 120 Å². The second-order valence-corrected chi connectivity index (χ2v) is 11.2. The average molecular weight is 661 g/mol. The van der Waals surface area contributed by atoms with Crippen molar-refractivity contribution in [3.8, 4) is 0 Å². The van der Waals surface area contributed by atoms with Gasteiger partial charge in [-0.15, -0.1) is 0 Å². The first-order chi connectivity index (χ1) is 23.1. The summed E-state index contributed by atoms with van der Waals surface area (Å²) in [6.07, 6.45) is -10.1. The third-order valence-corrected chi connectivity index (χ3v) is 7.88. The Morgan fingerprint density at radius 2 is 1.33 bits per heavy atom. The molecule has 6 rings (SSSR count). The quantitative estimate of drug-likeness (QED) is 0.123. The minimum absolute atomic E-state index is 0.0487. The Labute approximate surface area is 274 Å². The number of rotatable bonds is 10. The van der Waals surface area contributed by atoms with Crippen molar-refractivity contribution in [1.29, 1.82) is 0 Å². The third kappa shape index (κ3) is 7.16. The van der Waals surface area contributed by atoms with Gasteiger partial charge in [0.15, 0.2) is 0 Å². The van der Waals surface area contributed by atoms with Crippen molar-refractivity contribution < 1.29 is 46.8 Å². The molecule has 0 unspecified atom stereocenters. The molecule has 2 heterocycles. The molecule has 2 aliphatic rings. The van der Waals surface area contributed by atoms with E-state index in [1.54, 1.807) is 36.4 Å². The standard InChI is InChI=1S/C36H31F3N2O7/c37-36(38,39)34(40-26-16-8-3-9-17-26)48-35(41-32(43)27-18-10-11-19-28(27)33(41)44)20-29(46-22-25-14-6-2-7-15-25)31(42)30(47-35)23-45-21-24-12-4-1-5-13-24/h1-19,29-31,42H,20-23H2/t29-,30-,31+,35-/m1/s1. The zero-order valence-corrected chi connectivity index (χ0v) is 25.5. The Morgan fingerprint density at radius 3 is 1.90 bits per heavy atom. The molecular weight excluding hydrogens is 629 g/mol. The van der Waals surface area contributed by atoms with Gasteiger partial charge in [0, 0.05) is 0 Å². The van der Waals surface area contributed by atoms with E-state index >= 15 is 0 Å². The van der Waals surface area contributed by atoms with Crippen LogP contribution in [0.4, 0.5) is 18.9 Å². The predicted molar refractivity (Wildman–Crippen MR) is 167 cm³/mol. The van der Waals surface area contributed by atoms with E-state index in [-0.39, 0.29) is 36.6 Å². The number of imide groups is 1. The minimum atomic E-state index is -5.19. The lowest BCUT2D eigenvalue weighted by molar-refractivity contribution is -0.345. The molecule has 2 amide bonds. The summed E-state index contributed by atoms with van der Waals surface area (Å²) in [5.74, 6) is -6.43. The molecular formula is C36H31F3N2O7. The van der Waals surface area contributed by atoms with Gasteiger partial charge in [-0.1, -0.05) is 91.0 Å². The fraction of sp³-hybridized carbons (Fsp3) is 0.250. The number of aliphatic hydroxyl groups excluding tert-OH is 1. The first-order valence-electron chi connectivity index (χ1n) is 15.2. The smallest absolute Gasteiger partial charge is 0.422 e. The molecule has 0 saturated carbocycles. The maximum Gasteiger partial charge on any atom is 0.468 e.